The van der Waals surface area contributed by atoms with Crippen molar-refractivity contribution in [3.05, 3.63) is 47.4 Å². The van der Waals surface area contributed by atoms with Crippen molar-refractivity contribution in [2.45, 2.75) is 57.1 Å². The van der Waals surface area contributed by atoms with Crippen LogP contribution < -0.4 is 16.4 Å². The predicted molar refractivity (Wildman–Crippen MR) is 113 cm³/mol. The van der Waals surface area contributed by atoms with Crippen LogP contribution in [0.15, 0.2) is 41.8 Å². The van der Waals surface area contributed by atoms with E-state index in [4.69, 9.17) is 10.5 Å². The number of amides is 1. The Kier molecular flexibility index (Phi) is 4.60. The van der Waals surface area contributed by atoms with E-state index in [1.807, 2.05) is 13.0 Å². The zero-order valence-corrected chi connectivity index (χ0v) is 17.1. The molecule has 0 radical (unpaired) electrons. The number of aliphatic hydroxyl groups is 1. The zero-order valence-electron chi connectivity index (χ0n) is 17.1. The van der Waals surface area contributed by atoms with Gasteiger partial charge in [-0.05, 0) is 74.9 Å². The fraction of sp³-hybridized carbons (Fsp3) is 0.522. The number of nitrogens with zero attached hydrogens (tertiary/aromatic N) is 1. The van der Waals surface area contributed by atoms with Gasteiger partial charge in [-0.25, -0.2) is 4.98 Å². The van der Waals surface area contributed by atoms with Crippen LogP contribution in [0.5, 0.6) is 0 Å². The van der Waals surface area contributed by atoms with Gasteiger partial charge in [0.2, 0.25) is 5.88 Å². The van der Waals surface area contributed by atoms with Gasteiger partial charge in [0.05, 0.1) is 23.1 Å². The molecule has 7 nitrogen and oxygen atoms in total. The number of pyridine rings is 1. The molecule has 5 aliphatic rings. The highest BCUT2D eigenvalue weighted by Gasteiger charge is 2.54. The number of hydrogen-bond acceptors (Lipinski definition) is 6. The average molecular weight is 409 g/mol. The van der Waals surface area contributed by atoms with Crippen LogP contribution >= 0.6 is 0 Å². The van der Waals surface area contributed by atoms with E-state index in [1.165, 1.54) is 6.20 Å². The number of primary amides is 1. The summed E-state index contributed by atoms with van der Waals surface area (Å²) in [5.74, 6) is 1.94. The molecule has 0 aromatic carbocycles. The monoisotopic (exact) mass is 408 g/mol. The van der Waals surface area contributed by atoms with Crippen LogP contribution in [-0.2, 0) is 4.74 Å². The number of carbonyl (C=O) groups excluding carboxylic acids is 1. The van der Waals surface area contributed by atoms with Gasteiger partial charge in [-0.2, -0.15) is 0 Å². The van der Waals surface area contributed by atoms with Gasteiger partial charge in [0, 0.05) is 18.3 Å². The van der Waals surface area contributed by atoms with Crippen molar-refractivity contribution >= 4 is 17.4 Å². The third kappa shape index (κ3) is 3.59. The average Bonchev–Trinajstić information content (AvgIpc) is 2.87. The Balaban J connectivity index is 1.39. The lowest BCUT2D eigenvalue weighted by Crippen LogP contribution is -2.59. The third-order valence-electron chi connectivity index (χ3n) is 7.01. The Morgan fingerprint density at radius 3 is 2.80 bits per heavy atom. The first-order chi connectivity index (χ1) is 14.4. The quantitative estimate of drug-likeness (QED) is 0.557. The van der Waals surface area contributed by atoms with Crippen molar-refractivity contribution < 1.29 is 14.6 Å². The molecule has 2 heterocycles. The molecule has 5 atom stereocenters. The Morgan fingerprint density at radius 1 is 1.33 bits per heavy atom. The van der Waals surface area contributed by atoms with E-state index in [2.05, 4.69) is 21.3 Å². The number of rotatable bonds is 5. The maximum absolute atomic E-state index is 12.0. The van der Waals surface area contributed by atoms with Gasteiger partial charge in [0.25, 0.3) is 5.91 Å². The molecule has 7 heteroatoms. The van der Waals surface area contributed by atoms with Crippen LogP contribution in [0.2, 0.25) is 0 Å². The molecule has 4 saturated carbocycles. The topological polar surface area (TPSA) is 109 Å². The third-order valence-corrected chi connectivity index (χ3v) is 7.01. The highest BCUT2D eigenvalue weighted by molar-refractivity contribution is 5.98. The highest BCUT2D eigenvalue weighted by Crippen LogP contribution is 2.56. The first kappa shape index (κ1) is 19.2. The first-order valence-electron chi connectivity index (χ1n) is 10.7. The number of ether oxygens (including phenoxy) is 1. The molecule has 0 saturated heterocycles. The number of hydrogen-bond donors (Lipinski definition) is 4. The molecule has 4 fully saturated rings. The first-order valence-corrected chi connectivity index (χ1v) is 10.7. The Hall–Kier alpha value is -2.76. The van der Waals surface area contributed by atoms with Crippen LogP contribution in [0.4, 0.5) is 11.5 Å². The minimum Gasteiger partial charge on any atom is -0.442 e. The summed E-state index contributed by atoms with van der Waals surface area (Å²) in [4.78, 5) is 16.4. The fourth-order valence-corrected chi connectivity index (χ4v) is 5.96. The Bertz CT molecular complexity index is 963. The minimum absolute atomic E-state index is 0.231. The molecular weight excluding hydrogens is 380 g/mol. The minimum atomic E-state index is -0.512. The van der Waals surface area contributed by atoms with Crippen molar-refractivity contribution in [1.82, 2.24) is 4.98 Å². The summed E-state index contributed by atoms with van der Waals surface area (Å²) in [6, 6.07) is 2.04. The fourth-order valence-electron chi connectivity index (χ4n) is 5.96. The number of anilines is 2. The summed E-state index contributed by atoms with van der Waals surface area (Å²) in [6.07, 6.45) is 10.7. The van der Waals surface area contributed by atoms with E-state index in [0.717, 1.165) is 44.1 Å². The Morgan fingerprint density at radius 2 is 2.10 bits per heavy atom. The molecule has 1 aromatic rings. The van der Waals surface area contributed by atoms with E-state index in [1.54, 1.807) is 12.3 Å². The molecule has 30 heavy (non-hydrogen) atoms. The largest absolute Gasteiger partial charge is 0.442 e. The van der Waals surface area contributed by atoms with E-state index >= 15 is 0 Å². The maximum atomic E-state index is 12.0. The molecule has 1 amide bonds. The van der Waals surface area contributed by atoms with E-state index in [-0.39, 0.29) is 6.04 Å². The molecule has 4 aliphatic carbocycles. The summed E-state index contributed by atoms with van der Waals surface area (Å²) >= 11 is 0. The molecule has 3 unspecified atom stereocenters. The predicted octanol–water partition coefficient (Wildman–Crippen LogP) is 3.26. The van der Waals surface area contributed by atoms with Crippen LogP contribution in [0.1, 0.15) is 55.8 Å². The van der Waals surface area contributed by atoms with Crippen molar-refractivity contribution in [1.29, 1.82) is 0 Å². The van der Waals surface area contributed by atoms with E-state index < -0.39 is 11.5 Å². The summed E-state index contributed by atoms with van der Waals surface area (Å²) < 4.78 is 5.60. The van der Waals surface area contributed by atoms with Crippen molar-refractivity contribution in [3.63, 3.8) is 0 Å². The number of nitrogens with two attached hydrogens (primary N) is 1. The lowest BCUT2D eigenvalue weighted by Gasteiger charge is -2.58. The van der Waals surface area contributed by atoms with Gasteiger partial charge in [-0.15, -0.1) is 0 Å². The second-order valence-corrected chi connectivity index (χ2v) is 9.43. The molecule has 6 rings (SSSR count). The standard InChI is InChI=1S/C23H28N4O3/c1-13-3-2-4-20(30-12-13)27-19-7-18(17(11-25-19)22(24)28)26-21-15-5-14-6-16(21)10-23(29,8-14)9-15/h2,7,11-12,14-16,21,29H,3,5-6,8-10H2,1H3,(H2,24,28)(H2,25,26,27)/t14?,15-,16+,21?,23?. The normalized spacial score (nSPS) is 33.9. The molecule has 5 N–H and O–H groups in total. The van der Waals surface area contributed by atoms with Gasteiger partial charge in [-0.3, -0.25) is 4.79 Å². The molecule has 1 aliphatic heterocycles. The van der Waals surface area contributed by atoms with Gasteiger partial charge < -0.3 is 26.2 Å². The van der Waals surface area contributed by atoms with Crippen LogP contribution in [0.25, 0.3) is 0 Å². The zero-order chi connectivity index (χ0) is 20.9. The van der Waals surface area contributed by atoms with Crippen LogP contribution in [0.3, 0.4) is 0 Å². The van der Waals surface area contributed by atoms with E-state index in [0.29, 0.717) is 40.7 Å². The van der Waals surface area contributed by atoms with Gasteiger partial charge in [-0.1, -0.05) is 5.73 Å². The van der Waals surface area contributed by atoms with E-state index in [9.17, 15) is 9.90 Å². The molecule has 4 bridgehead atoms. The number of aromatic nitrogens is 1. The number of carbonyl (C=O) groups is 1. The molecule has 1 aromatic heterocycles. The summed E-state index contributed by atoms with van der Waals surface area (Å²) in [6.45, 7) is 1.99. The second kappa shape index (κ2) is 7.18. The molecule has 158 valence electrons. The highest BCUT2D eigenvalue weighted by atomic mass is 16.5. The van der Waals surface area contributed by atoms with Crippen LogP contribution in [-0.4, -0.2) is 27.6 Å². The van der Waals surface area contributed by atoms with Gasteiger partial charge >= 0.3 is 0 Å². The molecular formula is C23H28N4O3. The number of allylic oxidation sites excluding steroid dienone is 2. The molecule has 0 spiro atoms. The second-order valence-electron chi connectivity index (χ2n) is 9.43. The Labute approximate surface area is 176 Å². The van der Waals surface area contributed by atoms with Gasteiger partial charge in [0.15, 0.2) is 0 Å². The summed E-state index contributed by atoms with van der Waals surface area (Å²) in [5.41, 5.74) is 10.3. The number of nitrogens with one attached hydrogen (secondary N) is 2. The maximum Gasteiger partial charge on any atom is 0.252 e. The van der Waals surface area contributed by atoms with Crippen LogP contribution in [0, 0.1) is 17.8 Å². The lowest BCUT2D eigenvalue weighted by molar-refractivity contribution is -0.129. The smallest absolute Gasteiger partial charge is 0.252 e. The van der Waals surface area contributed by atoms with Gasteiger partial charge in [0.1, 0.15) is 5.82 Å². The summed E-state index contributed by atoms with van der Waals surface area (Å²) in [7, 11) is 0. The van der Waals surface area contributed by atoms with Crippen molar-refractivity contribution in [2.75, 3.05) is 10.6 Å². The summed E-state index contributed by atoms with van der Waals surface area (Å²) in [5, 5.41) is 17.6. The SMILES string of the molecule is CC1=COC(Nc2cc(NC3[C@@H]4CC5C[C@H]3CC(O)(C5)C4)c(C(N)=O)cn2)=C=CC1. The van der Waals surface area contributed by atoms with Crippen molar-refractivity contribution in [3.8, 4) is 0 Å². The van der Waals surface area contributed by atoms with Crippen molar-refractivity contribution in [2.24, 2.45) is 23.5 Å². The lowest BCUT2D eigenvalue weighted by atomic mass is 9.52.